The van der Waals surface area contributed by atoms with E-state index in [2.05, 4.69) is 40.5 Å². The Kier molecular flexibility index (Phi) is 5.90. The summed E-state index contributed by atoms with van der Waals surface area (Å²) in [4.78, 5) is 16.8. The van der Waals surface area contributed by atoms with Gasteiger partial charge in [0.15, 0.2) is 0 Å². The van der Waals surface area contributed by atoms with E-state index in [0.717, 1.165) is 45.7 Å². The van der Waals surface area contributed by atoms with Crippen molar-refractivity contribution in [3.63, 3.8) is 0 Å². The zero-order valence-electron chi connectivity index (χ0n) is 18.3. The fourth-order valence-electron chi connectivity index (χ4n) is 4.52. The number of ether oxygens (including phenoxy) is 1. The van der Waals surface area contributed by atoms with Gasteiger partial charge in [-0.05, 0) is 64.0 Å². The van der Waals surface area contributed by atoms with E-state index in [0.29, 0.717) is 17.4 Å². The van der Waals surface area contributed by atoms with Crippen molar-refractivity contribution in [1.82, 2.24) is 15.1 Å². The summed E-state index contributed by atoms with van der Waals surface area (Å²) in [6.45, 7) is 11.7. The molecule has 1 aliphatic heterocycles. The molecule has 1 N–H and O–H groups in total. The molecule has 5 nitrogen and oxygen atoms in total. The largest absolute Gasteiger partial charge is 0.444 e. The van der Waals surface area contributed by atoms with Crippen LogP contribution in [0, 0.1) is 5.41 Å². The van der Waals surface area contributed by atoms with Crippen molar-refractivity contribution in [2.24, 2.45) is 5.41 Å². The predicted octanol–water partition coefficient (Wildman–Crippen LogP) is 3.86. The first-order chi connectivity index (χ1) is 13.8. The topological polar surface area (TPSA) is 44.8 Å². The third-order valence-corrected chi connectivity index (χ3v) is 6.51. The van der Waals surface area contributed by atoms with Gasteiger partial charge in [-0.25, -0.2) is 4.79 Å². The summed E-state index contributed by atoms with van der Waals surface area (Å²) in [5.74, 6) is 0.701. The molecule has 2 atom stereocenters. The van der Waals surface area contributed by atoms with E-state index in [1.54, 1.807) is 0 Å². The summed E-state index contributed by atoms with van der Waals surface area (Å²) in [7, 11) is 0. The standard InChI is InChI=1S/C24H37N3O2/c1-23(2,3)29-22(28)27-13-7-12-26(14-15-27)18-24(10-11-24)17-25-21-16-20(21)19-8-5-4-6-9-19/h4-6,8-9,20-21,25H,7,10-18H2,1-3H3/t20-,21+/m0/s1. The summed E-state index contributed by atoms with van der Waals surface area (Å²) < 4.78 is 5.56. The molecule has 2 saturated carbocycles. The Labute approximate surface area is 175 Å². The van der Waals surface area contributed by atoms with E-state index in [-0.39, 0.29) is 6.09 Å². The molecule has 1 aromatic rings. The molecule has 0 aromatic heterocycles. The highest BCUT2D eigenvalue weighted by atomic mass is 16.6. The van der Waals surface area contributed by atoms with Crippen molar-refractivity contribution < 1.29 is 9.53 Å². The first kappa shape index (κ1) is 20.7. The molecule has 3 aliphatic rings. The Balaban J connectivity index is 1.21. The number of rotatable bonds is 6. The van der Waals surface area contributed by atoms with E-state index in [1.807, 2.05) is 25.7 Å². The van der Waals surface area contributed by atoms with Crippen molar-refractivity contribution in [3.8, 4) is 0 Å². The lowest BCUT2D eigenvalue weighted by atomic mass is 10.1. The molecule has 0 spiro atoms. The number of nitrogens with zero attached hydrogens (tertiary/aromatic N) is 2. The average molecular weight is 400 g/mol. The molecule has 2 aliphatic carbocycles. The summed E-state index contributed by atoms with van der Waals surface area (Å²) >= 11 is 0. The Bertz CT molecular complexity index is 696. The van der Waals surface area contributed by atoms with Gasteiger partial charge in [0.25, 0.3) is 0 Å². The molecule has 0 unspecified atom stereocenters. The molecule has 29 heavy (non-hydrogen) atoms. The van der Waals surface area contributed by atoms with Gasteiger partial charge >= 0.3 is 6.09 Å². The van der Waals surface area contributed by atoms with Crippen LogP contribution in [-0.4, -0.2) is 66.8 Å². The molecular weight excluding hydrogens is 362 g/mol. The smallest absolute Gasteiger partial charge is 0.410 e. The van der Waals surface area contributed by atoms with Gasteiger partial charge in [-0.15, -0.1) is 0 Å². The Morgan fingerprint density at radius 1 is 1.14 bits per heavy atom. The minimum absolute atomic E-state index is 0.164. The zero-order chi connectivity index (χ0) is 20.5. The van der Waals surface area contributed by atoms with Crippen LogP contribution in [0.3, 0.4) is 0 Å². The quantitative estimate of drug-likeness (QED) is 0.789. The number of amides is 1. The van der Waals surface area contributed by atoms with Crippen LogP contribution in [0.4, 0.5) is 4.79 Å². The van der Waals surface area contributed by atoms with Gasteiger partial charge in [0.05, 0.1) is 0 Å². The Hall–Kier alpha value is -1.59. The molecule has 1 amide bonds. The normalized spacial score (nSPS) is 26.7. The second-order valence-corrected chi connectivity index (χ2v) is 10.3. The van der Waals surface area contributed by atoms with Crippen molar-refractivity contribution in [2.45, 2.75) is 64.0 Å². The first-order valence-corrected chi connectivity index (χ1v) is 11.3. The number of carbonyl (C=O) groups excluding carboxylic acids is 1. The van der Waals surface area contributed by atoms with Gasteiger partial charge in [-0.3, -0.25) is 0 Å². The number of benzene rings is 1. The van der Waals surface area contributed by atoms with Crippen LogP contribution in [0.2, 0.25) is 0 Å². The van der Waals surface area contributed by atoms with Gasteiger partial charge in [-0.1, -0.05) is 30.3 Å². The first-order valence-electron chi connectivity index (χ1n) is 11.3. The van der Waals surface area contributed by atoms with Crippen molar-refractivity contribution in [1.29, 1.82) is 0 Å². The van der Waals surface area contributed by atoms with Gasteiger partial charge < -0.3 is 19.9 Å². The van der Waals surface area contributed by atoms with Crippen LogP contribution in [0.15, 0.2) is 30.3 Å². The average Bonchev–Trinajstić information content (AvgIpc) is 3.56. The third-order valence-electron chi connectivity index (χ3n) is 6.51. The molecule has 5 heteroatoms. The van der Waals surface area contributed by atoms with Gasteiger partial charge in [0.2, 0.25) is 0 Å². The molecule has 1 saturated heterocycles. The fourth-order valence-corrected chi connectivity index (χ4v) is 4.52. The van der Waals surface area contributed by atoms with Gasteiger partial charge in [0, 0.05) is 44.7 Å². The minimum atomic E-state index is -0.423. The highest BCUT2D eigenvalue weighted by Crippen LogP contribution is 2.48. The number of nitrogens with one attached hydrogen (secondary N) is 1. The lowest BCUT2D eigenvalue weighted by Crippen LogP contribution is -2.41. The predicted molar refractivity (Wildman–Crippen MR) is 116 cm³/mol. The van der Waals surface area contributed by atoms with E-state index in [1.165, 1.54) is 24.8 Å². The molecule has 3 fully saturated rings. The summed E-state index contributed by atoms with van der Waals surface area (Å²) in [6, 6.07) is 11.6. The summed E-state index contributed by atoms with van der Waals surface area (Å²) in [5, 5.41) is 3.85. The Morgan fingerprint density at radius 2 is 1.90 bits per heavy atom. The number of carbonyl (C=O) groups is 1. The maximum Gasteiger partial charge on any atom is 0.410 e. The van der Waals surface area contributed by atoms with Gasteiger partial charge in [-0.2, -0.15) is 0 Å². The molecule has 1 heterocycles. The van der Waals surface area contributed by atoms with Crippen LogP contribution in [0.25, 0.3) is 0 Å². The van der Waals surface area contributed by atoms with Crippen molar-refractivity contribution in [2.75, 3.05) is 39.3 Å². The maximum absolute atomic E-state index is 12.4. The van der Waals surface area contributed by atoms with Gasteiger partial charge in [0.1, 0.15) is 5.60 Å². The highest BCUT2D eigenvalue weighted by Gasteiger charge is 2.46. The van der Waals surface area contributed by atoms with Crippen molar-refractivity contribution >= 4 is 6.09 Å². The van der Waals surface area contributed by atoms with E-state index >= 15 is 0 Å². The van der Waals surface area contributed by atoms with E-state index in [4.69, 9.17) is 4.74 Å². The van der Waals surface area contributed by atoms with E-state index < -0.39 is 5.60 Å². The summed E-state index contributed by atoms with van der Waals surface area (Å²) in [5.41, 5.74) is 1.50. The molecule has 0 bridgehead atoms. The third kappa shape index (κ3) is 5.73. The summed E-state index contributed by atoms with van der Waals surface area (Å²) in [6.07, 6.45) is 4.79. The van der Waals surface area contributed by atoms with Crippen LogP contribution < -0.4 is 5.32 Å². The van der Waals surface area contributed by atoms with Crippen LogP contribution in [-0.2, 0) is 4.74 Å². The second kappa shape index (κ2) is 8.27. The monoisotopic (exact) mass is 399 g/mol. The zero-order valence-corrected chi connectivity index (χ0v) is 18.3. The highest BCUT2D eigenvalue weighted by molar-refractivity contribution is 5.68. The SMILES string of the molecule is CC(C)(C)OC(=O)N1CCCN(CC2(CN[C@@H]3C[C@H]3c3ccccc3)CC2)CC1. The molecule has 0 radical (unpaired) electrons. The second-order valence-electron chi connectivity index (χ2n) is 10.3. The van der Waals surface area contributed by atoms with Crippen LogP contribution in [0.1, 0.15) is 57.9 Å². The number of hydrogen-bond acceptors (Lipinski definition) is 4. The van der Waals surface area contributed by atoms with Crippen LogP contribution >= 0.6 is 0 Å². The lowest BCUT2D eigenvalue weighted by Gasteiger charge is -2.28. The maximum atomic E-state index is 12.4. The number of hydrogen-bond donors (Lipinski definition) is 1. The molecular formula is C24H37N3O2. The molecule has 4 rings (SSSR count). The van der Waals surface area contributed by atoms with E-state index in [9.17, 15) is 4.79 Å². The van der Waals surface area contributed by atoms with Crippen LogP contribution in [0.5, 0.6) is 0 Å². The lowest BCUT2D eigenvalue weighted by molar-refractivity contribution is 0.0257. The molecule has 1 aromatic carbocycles. The molecule has 160 valence electrons. The minimum Gasteiger partial charge on any atom is -0.444 e. The Morgan fingerprint density at radius 3 is 2.59 bits per heavy atom. The van der Waals surface area contributed by atoms with Crippen molar-refractivity contribution in [3.05, 3.63) is 35.9 Å². The fraction of sp³-hybridized carbons (Fsp3) is 0.708.